The Hall–Kier alpha value is -1.65. The van der Waals surface area contributed by atoms with E-state index in [2.05, 4.69) is 4.98 Å². The van der Waals surface area contributed by atoms with Crippen molar-refractivity contribution < 1.29 is 9.60 Å². The van der Waals surface area contributed by atoms with E-state index >= 15 is 0 Å². The number of hydrogen-bond acceptors (Lipinski definition) is 2. The van der Waals surface area contributed by atoms with Crippen molar-refractivity contribution in [2.75, 3.05) is 7.05 Å². The summed E-state index contributed by atoms with van der Waals surface area (Å²) >= 11 is 0. The van der Waals surface area contributed by atoms with Crippen LogP contribution in [0.1, 0.15) is 5.56 Å². The van der Waals surface area contributed by atoms with Crippen molar-refractivity contribution in [3.05, 3.63) is 47.9 Å². The van der Waals surface area contributed by atoms with Crippen LogP contribution in [-0.2, 0) is 6.54 Å². The zero-order valence-corrected chi connectivity index (χ0v) is 8.94. The molecule has 3 nitrogen and oxygen atoms in total. The van der Waals surface area contributed by atoms with Gasteiger partial charge in [-0.15, -0.1) is 0 Å². The van der Waals surface area contributed by atoms with Crippen LogP contribution in [0.25, 0.3) is 11.3 Å². The van der Waals surface area contributed by atoms with Gasteiger partial charge in [0.15, 0.2) is 0 Å². The topological polar surface area (TPSA) is 39.3 Å². The number of nitrogens with one attached hydrogen (secondary N) is 1. The average molecular weight is 220 g/mol. The molecule has 1 aromatic heterocycles. The normalized spacial score (nSPS) is 11.0. The van der Waals surface area contributed by atoms with Crippen LogP contribution in [0.15, 0.2) is 36.5 Å². The maximum Gasteiger partial charge on any atom is 0.132 e. The van der Waals surface area contributed by atoms with Crippen LogP contribution >= 0.6 is 0 Å². The van der Waals surface area contributed by atoms with Gasteiger partial charge in [0, 0.05) is 24.5 Å². The van der Waals surface area contributed by atoms with Crippen molar-refractivity contribution in [1.82, 2.24) is 10.0 Å². The SMILES string of the molecule is CN(O)Cc1c[nH]c(-c2ccccc2F)c1. The molecular formula is C12H13FN2O. The minimum atomic E-state index is -0.256. The molecule has 2 rings (SSSR count). The van der Waals surface area contributed by atoms with E-state index < -0.39 is 0 Å². The third-order valence-corrected chi connectivity index (χ3v) is 2.32. The second-order valence-electron chi connectivity index (χ2n) is 3.72. The molecule has 1 heterocycles. The molecule has 0 amide bonds. The highest BCUT2D eigenvalue weighted by molar-refractivity contribution is 5.60. The van der Waals surface area contributed by atoms with Crippen molar-refractivity contribution >= 4 is 0 Å². The van der Waals surface area contributed by atoms with E-state index in [1.54, 1.807) is 31.4 Å². The first-order valence-electron chi connectivity index (χ1n) is 4.99. The van der Waals surface area contributed by atoms with Gasteiger partial charge in [-0.3, -0.25) is 0 Å². The number of halogens is 1. The van der Waals surface area contributed by atoms with Gasteiger partial charge >= 0.3 is 0 Å². The molecule has 1 aromatic carbocycles. The van der Waals surface area contributed by atoms with Crippen LogP contribution in [-0.4, -0.2) is 22.3 Å². The van der Waals surface area contributed by atoms with E-state index in [-0.39, 0.29) is 5.82 Å². The number of benzene rings is 1. The molecule has 0 saturated heterocycles. The lowest BCUT2D eigenvalue weighted by Gasteiger charge is -2.04. The third kappa shape index (κ3) is 2.29. The average Bonchev–Trinajstić information content (AvgIpc) is 2.66. The number of nitrogens with zero attached hydrogens (tertiary/aromatic N) is 1. The predicted molar refractivity (Wildman–Crippen MR) is 59.4 cm³/mol. The summed E-state index contributed by atoms with van der Waals surface area (Å²) in [5.41, 5.74) is 2.16. The summed E-state index contributed by atoms with van der Waals surface area (Å²) < 4.78 is 13.5. The lowest BCUT2D eigenvalue weighted by atomic mass is 10.1. The number of aromatic amines is 1. The second kappa shape index (κ2) is 4.47. The summed E-state index contributed by atoms with van der Waals surface area (Å²) in [6.07, 6.45) is 1.76. The highest BCUT2D eigenvalue weighted by atomic mass is 19.1. The van der Waals surface area contributed by atoms with Gasteiger partial charge in [-0.1, -0.05) is 12.1 Å². The van der Waals surface area contributed by atoms with Gasteiger partial charge in [0.05, 0.1) is 6.54 Å². The minimum absolute atomic E-state index is 0.256. The van der Waals surface area contributed by atoms with Gasteiger partial charge in [-0.05, 0) is 23.8 Å². The van der Waals surface area contributed by atoms with Crippen LogP contribution in [0.4, 0.5) is 4.39 Å². The molecule has 0 bridgehead atoms. The van der Waals surface area contributed by atoms with Gasteiger partial charge in [-0.2, -0.15) is 5.06 Å². The quantitative estimate of drug-likeness (QED) is 0.780. The molecule has 0 aliphatic rings. The van der Waals surface area contributed by atoms with Crippen LogP contribution in [0.3, 0.4) is 0 Å². The fourth-order valence-corrected chi connectivity index (χ4v) is 1.63. The molecule has 0 fully saturated rings. The van der Waals surface area contributed by atoms with Gasteiger partial charge in [-0.25, -0.2) is 4.39 Å². The Kier molecular flexibility index (Phi) is 3.03. The van der Waals surface area contributed by atoms with Gasteiger partial charge in [0.25, 0.3) is 0 Å². The maximum absolute atomic E-state index is 13.5. The lowest BCUT2D eigenvalue weighted by molar-refractivity contribution is -0.0731. The molecule has 4 heteroatoms. The number of hydrogen-bond donors (Lipinski definition) is 2. The first kappa shape index (κ1) is 10.9. The smallest absolute Gasteiger partial charge is 0.132 e. The van der Waals surface area contributed by atoms with Crippen molar-refractivity contribution in [1.29, 1.82) is 0 Å². The van der Waals surface area contributed by atoms with Gasteiger partial charge in [0.2, 0.25) is 0 Å². The predicted octanol–water partition coefficient (Wildman–Crippen LogP) is 2.64. The number of rotatable bonds is 3. The molecule has 0 aliphatic heterocycles. The van der Waals surface area contributed by atoms with Crippen LogP contribution in [0.2, 0.25) is 0 Å². The Bertz CT molecular complexity index is 479. The van der Waals surface area contributed by atoms with Crippen molar-refractivity contribution in [3.8, 4) is 11.3 Å². The Morgan fingerprint density at radius 3 is 2.81 bits per heavy atom. The Balaban J connectivity index is 2.28. The molecule has 2 N–H and O–H groups in total. The first-order valence-corrected chi connectivity index (χ1v) is 4.99. The fraction of sp³-hybridized carbons (Fsp3) is 0.167. The number of aromatic nitrogens is 1. The molecule has 84 valence electrons. The molecular weight excluding hydrogens is 207 g/mol. The molecule has 0 aliphatic carbocycles. The van der Waals surface area contributed by atoms with E-state index in [1.807, 2.05) is 6.07 Å². The monoisotopic (exact) mass is 220 g/mol. The maximum atomic E-state index is 13.5. The molecule has 0 atom stereocenters. The molecule has 0 spiro atoms. The standard InChI is InChI=1S/C12H13FN2O/c1-15(16)8-9-6-12(14-7-9)10-4-2-3-5-11(10)13/h2-7,14,16H,8H2,1H3. The second-order valence-corrected chi connectivity index (χ2v) is 3.72. The zero-order valence-electron chi connectivity index (χ0n) is 8.94. The summed E-state index contributed by atoms with van der Waals surface area (Å²) in [5, 5.41) is 10.2. The summed E-state index contributed by atoms with van der Waals surface area (Å²) in [6, 6.07) is 8.41. The Morgan fingerprint density at radius 1 is 1.38 bits per heavy atom. The Labute approximate surface area is 93.1 Å². The van der Waals surface area contributed by atoms with Crippen molar-refractivity contribution in [2.45, 2.75) is 6.54 Å². The highest BCUT2D eigenvalue weighted by Crippen LogP contribution is 2.22. The van der Waals surface area contributed by atoms with E-state index in [9.17, 15) is 4.39 Å². The zero-order chi connectivity index (χ0) is 11.5. The van der Waals surface area contributed by atoms with E-state index in [0.717, 1.165) is 16.3 Å². The molecule has 0 unspecified atom stereocenters. The lowest BCUT2D eigenvalue weighted by Crippen LogP contribution is -2.10. The van der Waals surface area contributed by atoms with E-state index in [1.165, 1.54) is 6.07 Å². The van der Waals surface area contributed by atoms with Gasteiger partial charge in [0.1, 0.15) is 5.82 Å². The third-order valence-electron chi connectivity index (χ3n) is 2.32. The summed E-state index contributed by atoms with van der Waals surface area (Å²) in [7, 11) is 1.57. The van der Waals surface area contributed by atoms with Crippen LogP contribution < -0.4 is 0 Å². The summed E-state index contributed by atoms with van der Waals surface area (Å²) in [4.78, 5) is 2.99. The van der Waals surface area contributed by atoms with Crippen LogP contribution in [0.5, 0.6) is 0 Å². The summed E-state index contributed by atoms with van der Waals surface area (Å²) in [5.74, 6) is -0.256. The fourth-order valence-electron chi connectivity index (χ4n) is 1.63. The highest BCUT2D eigenvalue weighted by Gasteiger charge is 2.07. The van der Waals surface area contributed by atoms with Gasteiger partial charge < -0.3 is 10.2 Å². The van der Waals surface area contributed by atoms with E-state index in [4.69, 9.17) is 5.21 Å². The molecule has 0 saturated carbocycles. The molecule has 0 radical (unpaired) electrons. The van der Waals surface area contributed by atoms with Crippen molar-refractivity contribution in [3.63, 3.8) is 0 Å². The van der Waals surface area contributed by atoms with Crippen molar-refractivity contribution in [2.24, 2.45) is 0 Å². The number of H-pyrrole nitrogens is 1. The van der Waals surface area contributed by atoms with Crippen LogP contribution in [0, 0.1) is 5.82 Å². The minimum Gasteiger partial charge on any atom is -0.361 e. The van der Waals surface area contributed by atoms with E-state index in [0.29, 0.717) is 12.1 Å². The molecule has 16 heavy (non-hydrogen) atoms. The summed E-state index contributed by atoms with van der Waals surface area (Å²) in [6.45, 7) is 0.408. The Morgan fingerprint density at radius 2 is 2.12 bits per heavy atom. The molecule has 2 aromatic rings. The first-order chi connectivity index (χ1) is 7.66. The number of hydroxylamine groups is 2. The largest absolute Gasteiger partial charge is 0.361 e.